The van der Waals surface area contributed by atoms with Crippen molar-refractivity contribution in [3.05, 3.63) is 29.8 Å². The first-order valence-electron chi connectivity index (χ1n) is 6.90. The third-order valence-corrected chi connectivity index (χ3v) is 3.80. The van der Waals surface area contributed by atoms with Gasteiger partial charge >= 0.3 is 0 Å². The number of hydrogen-bond acceptors (Lipinski definition) is 3. The second-order valence-corrected chi connectivity index (χ2v) is 5.28. The molecule has 2 fully saturated rings. The van der Waals surface area contributed by atoms with E-state index >= 15 is 0 Å². The van der Waals surface area contributed by atoms with Crippen molar-refractivity contribution >= 4 is 17.5 Å². The number of rotatable bonds is 4. The normalized spacial score (nSPS) is 23.0. The minimum absolute atomic E-state index is 0.0322. The maximum absolute atomic E-state index is 12.2. The zero-order valence-electron chi connectivity index (χ0n) is 11.1. The second kappa shape index (κ2) is 4.68. The van der Waals surface area contributed by atoms with Crippen LogP contribution in [-0.4, -0.2) is 28.8 Å². The molecule has 0 spiro atoms. The Bertz CT molecular complexity index is 505. The van der Waals surface area contributed by atoms with E-state index in [0.29, 0.717) is 0 Å². The van der Waals surface area contributed by atoms with Crippen molar-refractivity contribution in [2.45, 2.75) is 44.7 Å². The maximum Gasteiger partial charge on any atom is 0.252 e. The predicted molar refractivity (Wildman–Crippen MR) is 72.7 cm³/mol. The summed E-state index contributed by atoms with van der Waals surface area (Å²) < 4.78 is 0. The minimum atomic E-state index is -0.388. The summed E-state index contributed by atoms with van der Waals surface area (Å²) >= 11 is 0. The number of likely N-dealkylation sites (tertiary alicyclic amines) is 1. The summed E-state index contributed by atoms with van der Waals surface area (Å²) in [5, 5.41) is 3.17. The van der Waals surface area contributed by atoms with Crippen LogP contribution in [0.15, 0.2) is 24.3 Å². The fourth-order valence-electron chi connectivity index (χ4n) is 2.52. The zero-order valence-corrected chi connectivity index (χ0v) is 11.1. The van der Waals surface area contributed by atoms with E-state index in [-0.39, 0.29) is 30.3 Å². The van der Waals surface area contributed by atoms with Gasteiger partial charge in [0.05, 0.1) is 6.42 Å². The molecule has 1 atom stereocenters. The lowest BCUT2D eigenvalue weighted by molar-refractivity contribution is -0.139. The number of benzene rings is 1. The number of nitrogens with zero attached hydrogens (tertiary/aromatic N) is 1. The predicted octanol–water partition coefficient (Wildman–Crippen LogP) is 1.95. The number of hydrogen-bond donors (Lipinski definition) is 1. The lowest BCUT2D eigenvalue weighted by Gasteiger charge is -2.15. The van der Waals surface area contributed by atoms with Gasteiger partial charge < -0.3 is 5.32 Å². The largest absolute Gasteiger partial charge is 0.373 e. The second-order valence-electron chi connectivity index (χ2n) is 5.28. The van der Waals surface area contributed by atoms with Gasteiger partial charge in [-0.3, -0.25) is 14.5 Å². The summed E-state index contributed by atoms with van der Waals surface area (Å²) in [5.41, 5.74) is 2.17. The monoisotopic (exact) mass is 258 g/mol. The quantitative estimate of drug-likeness (QED) is 0.840. The topological polar surface area (TPSA) is 49.4 Å². The Hall–Kier alpha value is -1.84. The lowest BCUT2D eigenvalue weighted by Crippen LogP contribution is -2.36. The van der Waals surface area contributed by atoms with Crippen LogP contribution in [0.25, 0.3) is 0 Å². The molecule has 1 aliphatic carbocycles. The number of aryl methyl sites for hydroxylation is 1. The first-order valence-corrected chi connectivity index (χ1v) is 6.90. The Balaban J connectivity index is 1.69. The average molecular weight is 258 g/mol. The molecule has 1 saturated carbocycles. The van der Waals surface area contributed by atoms with Crippen molar-refractivity contribution in [3.8, 4) is 0 Å². The van der Waals surface area contributed by atoms with Gasteiger partial charge in [0, 0.05) is 11.7 Å². The highest BCUT2D eigenvalue weighted by atomic mass is 16.2. The number of anilines is 1. The Morgan fingerprint density at radius 1 is 1.21 bits per heavy atom. The molecule has 2 amide bonds. The van der Waals surface area contributed by atoms with Crippen molar-refractivity contribution in [2.75, 3.05) is 5.32 Å². The van der Waals surface area contributed by atoms with E-state index in [0.717, 1.165) is 24.9 Å². The number of nitrogens with one attached hydrogen (secondary N) is 1. The molecule has 1 saturated heterocycles. The molecule has 1 aromatic carbocycles. The van der Waals surface area contributed by atoms with Crippen molar-refractivity contribution in [1.29, 1.82) is 0 Å². The molecule has 3 rings (SSSR count). The van der Waals surface area contributed by atoms with E-state index < -0.39 is 0 Å². The molecule has 0 radical (unpaired) electrons. The van der Waals surface area contributed by atoms with E-state index in [1.54, 1.807) is 0 Å². The third kappa shape index (κ3) is 2.35. The minimum Gasteiger partial charge on any atom is -0.373 e. The van der Waals surface area contributed by atoms with Gasteiger partial charge in [-0.1, -0.05) is 19.1 Å². The number of amides is 2. The summed E-state index contributed by atoms with van der Waals surface area (Å²) in [6, 6.07) is 7.81. The van der Waals surface area contributed by atoms with Crippen LogP contribution in [0.4, 0.5) is 5.69 Å². The fraction of sp³-hybridized carbons (Fsp3) is 0.467. The van der Waals surface area contributed by atoms with Crippen LogP contribution in [0.1, 0.15) is 31.7 Å². The summed E-state index contributed by atoms with van der Waals surface area (Å²) in [6.45, 7) is 2.11. The molecule has 19 heavy (non-hydrogen) atoms. The van der Waals surface area contributed by atoms with Crippen LogP contribution in [0.3, 0.4) is 0 Å². The van der Waals surface area contributed by atoms with E-state index in [2.05, 4.69) is 12.2 Å². The van der Waals surface area contributed by atoms with Crippen molar-refractivity contribution in [1.82, 2.24) is 4.90 Å². The average Bonchev–Trinajstić information content (AvgIpc) is 3.19. The van der Waals surface area contributed by atoms with E-state index in [1.165, 1.54) is 10.5 Å². The standard InChI is InChI=1S/C15H18N2O2/c1-2-10-3-5-11(6-4-10)16-13-9-14(18)17(15(13)19)12-7-8-12/h3-6,12-13,16H,2,7-9H2,1H3/t13-/m1/s1. The molecule has 1 heterocycles. The van der Waals surface area contributed by atoms with Gasteiger partial charge in [-0.25, -0.2) is 0 Å². The Kier molecular flexibility index (Phi) is 3.01. The first-order chi connectivity index (χ1) is 9.19. The molecule has 0 aromatic heterocycles. The molecule has 2 aliphatic rings. The van der Waals surface area contributed by atoms with Gasteiger partial charge in [-0.05, 0) is 37.0 Å². The Labute approximate surface area is 112 Å². The number of carbonyl (C=O) groups is 2. The summed E-state index contributed by atoms with van der Waals surface area (Å²) in [7, 11) is 0. The summed E-state index contributed by atoms with van der Waals surface area (Å²) in [5.74, 6) is -0.0951. The molecule has 1 N–H and O–H groups in total. The zero-order chi connectivity index (χ0) is 13.4. The van der Waals surface area contributed by atoms with Gasteiger partial charge in [0.1, 0.15) is 6.04 Å². The summed E-state index contributed by atoms with van der Waals surface area (Å²) in [6.07, 6.45) is 3.21. The molecule has 0 unspecified atom stereocenters. The lowest BCUT2D eigenvalue weighted by atomic mass is 10.1. The van der Waals surface area contributed by atoms with Crippen LogP contribution in [-0.2, 0) is 16.0 Å². The molecule has 1 aromatic rings. The molecular formula is C15H18N2O2. The van der Waals surface area contributed by atoms with Crippen LogP contribution in [0.5, 0.6) is 0 Å². The highest BCUT2D eigenvalue weighted by Gasteiger charge is 2.45. The Morgan fingerprint density at radius 2 is 1.89 bits per heavy atom. The van der Waals surface area contributed by atoms with E-state index in [1.807, 2.05) is 24.3 Å². The highest BCUT2D eigenvalue weighted by Crippen LogP contribution is 2.32. The van der Waals surface area contributed by atoms with E-state index in [9.17, 15) is 9.59 Å². The number of imide groups is 1. The smallest absolute Gasteiger partial charge is 0.252 e. The number of carbonyl (C=O) groups excluding carboxylic acids is 2. The van der Waals surface area contributed by atoms with Crippen LogP contribution in [0.2, 0.25) is 0 Å². The van der Waals surface area contributed by atoms with Crippen LogP contribution in [0, 0.1) is 0 Å². The maximum atomic E-state index is 12.2. The van der Waals surface area contributed by atoms with Crippen molar-refractivity contribution in [3.63, 3.8) is 0 Å². The SMILES string of the molecule is CCc1ccc(N[C@@H]2CC(=O)N(C3CC3)C2=O)cc1. The van der Waals surface area contributed by atoms with Gasteiger partial charge in [-0.15, -0.1) is 0 Å². The van der Waals surface area contributed by atoms with Crippen LogP contribution < -0.4 is 5.32 Å². The molecule has 100 valence electrons. The third-order valence-electron chi connectivity index (χ3n) is 3.80. The molecule has 4 heteroatoms. The summed E-state index contributed by atoms with van der Waals surface area (Å²) in [4.78, 5) is 25.5. The van der Waals surface area contributed by atoms with Gasteiger partial charge in [-0.2, -0.15) is 0 Å². The Morgan fingerprint density at radius 3 is 2.47 bits per heavy atom. The highest BCUT2D eigenvalue weighted by molar-refractivity contribution is 6.07. The van der Waals surface area contributed by atoms with Gasteiger partial charge in [0.15, 0.2) is 0 Å². The van der Waals surface area contributed by atoms with Gasteiger partial charge in [0.2, 0.25) is 5.91 Å². The van der Waals surface area contributed by atoms with Gasteiger partial charge in [0.25, 0.3) is 5.91 Å². The molecular weight excluding hydrogens is 240 g/mol. The molecule has 0 bridgehead atoms. The molecule has 4 nitrogen and oxygen atoms in total. The van der Waals surface area contributed by atoms with Crippen LogP contribution >= 0.6 is 0 Å². The fourth-order valence-corrected chi connectivity index (χ4v) is 2.52. The van der Waals surface area contributed by atoms with Crippen molar-refractivity contribution in [2.24, 2.45) is 0 Å². The molecule has 1 aliphatic heterocycles. The van der Waals surface area contributed by atoms with Crippen molar-refractivity contribution < 1.29 is 9.59 Å². The van der Waals surface area contributed by atoms with E-state index in [4.69, 9.17) is 0 Å². The first kappa shape index (κ1) is 12.2.